The van der Waals surface area contributed by atoms with Crippen molar-refractivity contribution in [2.45, 2.75) is 32.2 Å². The van der Waals surface area contributed by atoms with Gasteiger partial charge < -0.3 is 15.1 Å². The second-order valence-corrected chi connectivity index (χ2v) is 5.76. The first-order valence-electron chi connectivity index (χ1n) is 8.18. The first-order chi connectivity index (χ1) is 11.2. The maximum Gasteiger partial charge on any atom is 0.244 e. The van der Waals surface area contributed by atoms with Crippen LogP contribution >= 0.6 is 0 Å². The Labute approximate surface area is 136 Å². The lowest BCUT2D eigenvalue weighted by Gasteiger charge is -2.31. The number of hydrogen-bond acceptors (Lipinski definition) is 4. The quantitative estimate of drug-likeness (QED) is 0.745. The fourth-order valence-corrected chi connectivity index (χ4v) is 2.55. The summed E-state index contributed by atoms with van der Waals surface area (Å²) in [6.07, 6.45) is 7.39. The predicted molar refractivity (Wildman–Crippen MR) is 88.6 cm³/mol. The van der Waals surface area contributed by atoms with E-state index >= 15 is 0 Å². The average Bonchev–Trinajstić information content (AvgIpc) is 3.06. The third-order valence-electron chi connectivity index (χ3n) is 3.82. The largest absolute Gasteiger partial charge is 0.465 e. The topological polar surface area (TPSA) is 74.6 Å². The number of nitrogens with zero attached hydrogens (tertiary/aromatic N) is 1. The molecule has 1 aromatic heterocycles. The van der Waals surface area contributed by atoms with Crippen LogP contribution in [0, 0.1) is 0 Å². The van der Waals surface area contributed by atoms with E-state index in [0.717, 1.165) is 38.9 Å². The Kier molecular flexibility index (Phi) is 6.87. The van der Waals surface area contributed by atoms with Gasteiger partial charge in [0, 0.05) is 31.8 Å². The Hall–Kier alpha value is -2.08. The van der Waals surface area contributed by atoms with Crippen molar-refractivity contribution in [1.82, 2.24) is 15.5 Å². The molecule has 2 rings (SSSR count). The van der Waals surface area contributed by atoms with Gasteiger partial charge in [-0.25, -0.2) is 0 Å². The fourth-order valence-electron chi connectivity index (χ4n) is 2.55. The Balaban J connectivity index is 1.66. The summed E-state index contributed by atoms with van der Waals surface area (Å²) >= 11 is 0. The molecule has 1 aliphatic heterocycles. The lowest BCUT2D eigenvalue weighted by Crippen LogP contribution is -2.47. The van der Waals surface area contributed by atoms with Gasteiger partial charge in [0.25, 0.3) is 0 Å². The van der Waals surface area contributed by atoms with Crippen molar-refractivity contribution < 1.29 is 14.0 Å². The monoisotopic (exact) mass is 319 g/mol. The highest BCUT2D eigenvalue weighted by molar-refractivity contribution is 5.91. The summed E-state index contributed by atoms with van der Waals surface area (Å²) in [7, 11) is 0. The number of likely N-dealkylation sites (tertiary alicyclic amines) is 1. The first-order valence-corrected chi connectivity index (χ1v) is 8.18. The van der Waals surface area contributed by atoms with E-state index < -0.39 is 0 Å². The third kappa shape index (κ3) is 6.28. The number of piperidine rings is 1. The Bertz CT molecular complexity index is 517. The molecule has 0 radical (unpaired) electrons. The van der Waals surface area contributed by atoms with Gasteiger partial charge in [-0.2, -0.15) is 0 Å². The number of rotatable bonds is 7. The van der Waals surface area contributed by atoms with Gasteiger partial charge in [-0.05, 0) is 37.5 Å². The van der Waals surface area contributed by atoms with Gasteiger partial charge >= 0.3 is 0 Å². The predicted octanol–water partition coefficient (Wildman–Crippen LogP) is 1.40. The fraction of sp³-hybridized carbons (Fsp3) is 0.529. The Morgan fingerprint density at radius 2 is 2.17 bits per heavy atom. The third-order valence-corrected chi connectivity index (χ3v) is 3.82. The van der Waals surface area contributed by atoms with Gasteiger partial charge in [-0.15, -0.1) is 0 Å². The highest BCUT2D eigenvalue weighted by atomic mass is 16.3. The van der Waals surface area contributed by atoms with Crippen LogP contribution in [0.3, 0.4) is 0 Å². The molecule has 23 heavy (non-hydrogen) atoms. The lowest BCUT2D eigenvalue weighted by atomic mass is 10.0. The molecule has 126 valence electrons. The van der Waals surface area contributed by atoms with Crippen LogP contribution in [-0.2, 0) is 9.59 Å². The molecule has 1 saturated heterocycles. The molecule has 0 atom stereocenters. The van der Waals surface area contributed by atoms with Crippen molar-refractivity contribution in [1.29, 1.82) is 0 Å². The SMILES string of the molecule is CCCNC(=O)CN1CCC(NC(=O)/C=C/c2ccco2)CC1. The van der Waals surface area contributed by atoms with Crippen LogP contribution in [0.15, 0.2) is 28.9 Å². The van der Waals surface area contributed by atoms with E-state index in [1.807, 2.05) is 6.92 Å². The molecule has 0 bridgehead atoms. The summed E-state index contributed by atoms with van der Waals surface area (Å²) in [5.74, 6) is 0.629. The summed E-state index contributed by atoms with van der Waals surface area (Å²) in [5, 5.41) is 5.88. The number of nitrogens with one attached hydrogen (secondary N) is 2. The molecule has 1 aromatic rings. The minimum Gasteiger partial charge on any atom is -0.465 e. The second kappa shape index (κ2) is 9.15. The minimum absolute atomic E-state index is 0.0794. The van der Waals surface area contributed by atoms with E-state index in [0.29, 0.717) is 12.3 Å². The smallest absolute Gasteiger partial charge is 0.244 e. The zero-order chi connectivity index (χ0) is 16.5. The first kappa shape index (κ1) is 17.3. The van der Waals surface area contributed by atoms with E-state index in [9.17, 15) is 9.59 Å². The van der Waals surface area contributed by atoms with Crippen molar-refractivity contribution in [3.05, 3.63) is 30.2 Å². The molecule has 0 saturated carbocycles. The van der Waals surface area contributed by atoms with Gasteiger partial charge in [-0.1, -0.05) is 6.92 Å². The summed E-state index contributed by atoms with van der Waals surface area (Å²) in [5.41, 5.74) is 0. The van der Waals surface area contributed by atoms with Crippen LogP contribution in [0.1, 0.15) is 31.9 Å². The van der Waals surface area contributed by atoms with Crippen molar-refractivity contribution in [2.24, 2.45) is 0 Å². The van der Waals surface area contributed by atoms with Crippen LogP contribution in [0.25, 0.3) is 6.08 Å². The van der Waals surface area contributed by atoms with Crippen molar-refractivity contribution in [3.8, 4) is 0 Å². The number of amides is 2. The van der Waals surface area contributed by atoms with Crippen molar-refractivity contribution in [3.63, 3.8) is 0 Å². The minimum atomic E-state index is -0.111. The number of hydrogen-bond donors (Lipinski definition) is 2. The maximum absolute atomic E-state index is 11.9. The average molecular weight is 319 g/mol. The molecular formula is C17H25N3O3. The second-order valence-electron chi connectivity index (χ2n) is 5.76. The normalized spacial score (nSPS) is 16.6. The highest BCUT2D eigenvalue weighted by Gasteiger charge is 2.21. The van der Waals surface area contributed by atoms with Crippen molar-refractivity contribution >= 4 is 17.9 Å². The summed E-state index contributed by atoms with van der Waals surface area (Å²) in [6.45, 7) is 4.86. The molecule has 6 nitrogen and oxygen atoms in total. The van der Waals surface area contributed by atoms with E-state index in [4.69, 9.17) is 4.42 Å². The number of furan rings is 1. The zero-order valence-corrected chi connectivity index (χ0v) is 13.6. The lowest BCUT2D eigenvalue weighted by molar-refractivity contribution is -0.123. The van der Waals surface area contributed by atoms with Gasteiger partial charge in [-0.3, -0.25) is 14.5 Å². The standard InChI is InChI=1S/C17H25N3O3/c1-2-9-18-17(22)13-20-10-7-14(8-11-20)19-16(21)6-5-15-4-3-12-23-15/h3-6,12,14H,2,7-11,13H2,1H3,(H,18,22)(H,19,21)/b6-5+. The van der Waals surface area contributed by atoms with Gasteiger partial charge in [0.2, 0.25) is 11.8 Å². The zero-order valence-electron chi connectivity index (χ0n) is 13.6. The molecule has 0 aliphatic carbocycles. The summed E-state index contributed by atoms with van der Waals surface area (Å²) < 4.78 is 5.14. The number of carbonyl (C=O) groups excluding carboxylic acids is 2. The van der Waals surface area contributed by atoms with Crippen LogP contribution in [0.2, 0.25) is 0 Å². The van der Waals surface area contributed by atoms with Crippen molar-refractivity contribution in [2.75, 3.05) is 26.2 Å². The Morgan fingerprint density at radius 1 is 1.39 bits per heavy atom. The molecule has 1 fully saturated rings. The maximum atomic E-state index is 11.9. The molecule has 0 unspecified atom stereocenters. The summed E-state index contributed by atoms with van der Waals surface area (Å²) in [6, 6.07) is 3.74. The van der Waals surface area contributed by atoms with Gasteiger partial charge in [0.15, 0.2) is 0 Å². The molecule has 6 heteroatoms. The number of carbonyl (C=O) groups is 2. The van der Waals surface area contributed by atoms with Gasteiger partial charge in [0.05, 0.1) is 12.8 Å². The van der Waals surface area contributed by atoms with Crippen LogP contribution in [0.4, 0.5) is 0 Å². The van der Waals surface area contributed by atoms with Crippen LogP contribution in [-0.4, -0.2) is 48.9 Å². The van der Waals surface area contributed by atoms with Crippen LogP contribution in [0.5, 0.6) is 0 Å². The molecule has 1 aliphatic rings. The summed E-state index contributed by atoms with van der Waals surface area (Å²) in [4.78, 5) is 25.7. The highest BCUT2D eigenvalue weighted by Crippen LogP contribution is 2.10. The molecule has 0 aromatic carbocycles. The molecule has 2 amide bonds. The van der Waals surface area contributed by atoms with E-state index in [1.165, 1.54) is 6.08 Å². The molecular weight excluding hydrogens is 294 g/mol. The van der Waals surface area contributed by atoms with Gasteiger partial charge in [0.1, 0.15) is 5.76 Å². The molecule has 2 heterocycles. The molecule has 0 spiro atoms. The van der Waals surface area contributed by atoms with E-state index in [1.54, 1.807) is 24.5 Å². The van der Waals surface area contributed by atoms with Crippen LogP contribution < -0.4 is 10.6 Å². The van der Waals surface area contributed by atoms with E-state index in [2.05, 4.69) is 15.5 Å². The molecule has 2 N–H and O–H groups in total. The Morgan fingerprint density at radius 3 is 2.83 bits per heavy atom. The van der Waals surface area contributed by atoms with E-state index in [-0.39, 0.29) is 17.9 Å².